The predicted octanol–water partition coefficient (Wildman–Crippen LogP) is 2.22. The molecule has 0 bridgehead atoms. The van der Waals surface area contributed by atoms with Gasteiger partial charge in [0.2, 0.25) is 0 Å². The van der Waals surface area contributed by atoms with Crippen molar-refractivity contribution in [2.45, 2.75) is 19.4 Å². The lowest BCUT2D eigenvalue weighted by Crippen LogP contribution is -2.38. The number of halogens is 1. The highest BCUT2D eigenvalue weighted by molar-refractivity contribution is 5.73. The number of hydrogen-bond acceptors (Lipinski definition) is 2. The number of ether oxygens (including phenoxy) is 1. The molecule has 18 heavy (non-hydrogen) atoms. The monoisotopic (exact) mass is 254 g/mol. The molecule has 0 spiro atoms. The van der Waals surface area contributed by atoms with E-state index in [1.807, 2.05) is 6.92 Å². The SMILES string of the molecule is CCCNC(=O)NCC(OC)c1cccc(F)c1. The summed E-state index contributed by atoms with van der Waals surface area (Å²) in [5.74, 6) is -0.315. The van der Waals surface area contributed by atoms with Gasteiger partial charge in [-0.3, -0.25) is 0 Å². The Morgan fingerprint density at radius 3 is 2.83 bits per heavy atom. The highest BCUT2D eigenvalue weighted by atomic mass is 19.1. The van der Waals surface area contributed by atoms with Gasteiger partial charge in [-0.05, 0) is 24.1 Å². The standard InChI is InChI=1S/C13H19FN2O2/c1-3-7-15-13(17)16-9-12(18-2)10-5-4-6-11(14)8-10/h4-6,8,12H,3,7,9H2,1-2H3,(H2,15,16,17). The van der Waals surface area contributed by atoms with Gasteiger partial charge in [0.05, 0.1) is 6.10 Å². The summed E-state index contributed by atoms with van der Waals surface area (Å²) >= 11 is 0. The Bertz CT molecular complexity index is 385. The van der Waals surface area contributed by atoms with E-state index in [9.17, 15) is 9.18 Å². The Kier molecular flexibility index (Phi) is 6.14. The topological polar surface area (TPSA) is 50.4 Å². The third-order valence-electron chi connectivity index (χ3n) is 2.49. The average Bonchev–Trinajstić information content (AvgIpc) is 2.37. The zero-order valence-electron chi connectivity index (χ0n) is 10.7. The zero-order valence-corrected chi connectivity index (χ0v) is 10.7. The van der Waals surface area contributed by atoms with E-state index in [0.29, 0.717) is 18.7 Å². The van der Waals surface area contributed by atoms with Crippen molar-refractivity contribution in [3.8, 4) is 0 Å². The highest BCUT2D eigenvalue weighted by Gasteiger charge is 2.12. The second-order valence-electron chi connectivity index (χ2n) is 3.92. The van der Waals surface area contributed by atoms with Crippen LogP contribution in [0.15, 0.2) is 24.3 Å². The fraction of sp³-hybridized carbons (Fsp3) is 0.462. The molecule has 5 heteroatoms. The van der Waals surface area contributed by atoms with Crippen LogP contribution in [0.3, 0.4) is 0 Å². The van der Waals surface area contributed by atoms with Gasteiger partial charge in [-0.15, -0.1) is 0 Å². The van der Waals surface area contributed by atoms with E-state index in [4.69, 9.17) is 4.74 Å². The summed E-state index contributed by atoms with van der Waals surface area (Å²) in [5, 5.41) is 5.38. The van der Waals surface area contributed by atoms with E-state index in [1.165, 1.54) is 19.2 Å². The summed E-state index contributed by atoms with van der Waals surface area (Å²) in [4.78, 5) is 11.4. The maximum Gasteiger partial charge on any atom is 0.314 e. The number of hydrogen-bond donors (Lipinski definition) is 2. The van der Waals surface area contributed by atoms with Crippen LogP contribution in [0.4, 0.5) is 9.18 Å². The summed E-state index contributed by atoms with van der Waals surface area (Å²) in [6.45, 7) is 2.91. The van der Waals surface area contributed by atoms with Crippen molar-refractivity contribution in [2.24, 2.45) is 0 Å². The second-order valence-corrected chi connectivity index (χ2v) is 3.92. The highest BCUT2D eigenvalue weighted by Crippen LogP contribution is 2.16. The first-order valence-corrected chi connectivity index (χ1v) is 5.97. The Hall–Kier alpha value is -1.62. The molecule has 0 aliphatic carbocycles. The zero-order chi connectivity index (χ0) is 13.4. The molecule has 4 nitrogen and oxygen atoms in total. The van der Waals surface area contributed by atoms with E-state index in [0.717, 1.165) is 6.42 Å². The number of rotatable bonds is 6. The molecule has 1 aromatic rings. The summed E-state index contributed by atoms with van der Waals surface area (Å²) in [5.41, 5.74) is 0.702. The molecule has 0 saturated carbocycles. The van der Waals surface area contributed by atoms with E-state index >= 15 is 0 Å². The predicted molar refractivity (Wildman–Crippen MR) is 67.8 cm³/mol. The Balaban J connectivity index is 2.50. The van der Waals surface area contributed by atoms with Crippen LogP contribution >= 0.6 is 0 Å². The van der Waals surface area contributed by atoms with Gasteiger partial charge >= 0.3 is 6.03 Å². The minimum absolute atomic E-state index is 0.240. The van der Waals surface area contributed by atoms with Gasteiger partial charge in [0, 0.05) is 20.2 Å². The smallest absolute Gasteiger partial charge is 0.314 e. The number of benzene rings is 1. The molecular formula is C13H19FN2O2. The molecule has 0 aliphatic rings. The second kappa shape index (κ2) is 7.66. The summed E-state index contributed by atoms with van der Waals surface area (Å²) in [6, 6.07) is 5.92. The van der Waals surface area contributed by atoms with Gasteiger partial charge in [-0.2, -0.15) is 0 Å². The largest absolute Gasteiger partial charge is 0.375 e. The van der Waals surface area contributed by atoms with Crippen molar-refractivity contribution in [3.63, 3.8) is 0 Å². The maximum absolute atomic E-state index is 13.1. The summed E-state index contributed by atoms with van der Waals surface area (Å²) in [6.07, 6.45) is 0.526. The molecule has 0 heterocycles. The van der Waals surface area contributed by atoms with Gasteiger partial charge in [-0.25, -0.2) is 9.18 Å². The van der Waals surface area contributed by atoms with Crippen LogP contribution < -0.4 is 10.6 Å². The molecular weight excluding hydrogens is 235 g/mol. The maximum atomic E-state index is 13.1. The summed E-state index contributed by atoms with van der Waals surface area (Å²) in [7, 11) is 1.53. The van der Waals surface area contributed by atoms with E-state index < -0.39 is 0 Å². The lowest BCUT2D eigenvalue weighted by molar-refractivity contribution is 0.103. The van der Waals surface area contributed by atoms with Gasteiger partial charge < -0.3 is 15.4 Å². The lowest BCUT2D eigenvalue weighted by Gasteiger charge is -2.16. The fourth-order valence-corrected chi connectivity index (χ4v) is 1.53. The quantitative estimate of drug-likeness (QED) is 0.817. The number of carbonyl (C=O) groups is 1. The van der Waals surface area contributed by atoms with Gasteiger partial charge in [-0.1, -0.05) is 19.1 Å². The van der Waals surface area contributed by atoms with Crippen molar-refractivity contribution in [1.82, 2.24) is 10.6 Å². The lowest BCUT2D eigenvalue weighted by atomic mass is 10.1. The Labute approximate surface area is 107 Å². The molecule has 1 aromatic carbocycles. The van der Waals surface area contributed by atoms with Crippen molar-refractivity contribution in [1.29, 1.82) is 0 Å². The first kappa shape index (κ1) is 14.4. The molecule has 1 unspecified atom stereocenters. The van der Waals surface area contributed by atoms with Crippen LogP contribution in [0.1, 0.15) is 25.0 Å². The fourth-order valence-electron chi connectivity index (χ4n) is 1.53. The number of nitrogens with one attached hydrogen (secondary N) is 2. The van der Waals surface area contributed by atoms with Crippen LogP contribution in [0.2, 0.25) is 0 Å². The third kappa shape index (κ3) is 4.71. The molecule has 1 atom stereocenters. The van der Waals surface area contributed by atoms with Gasteiger partial charge in [0.15, 0.2) is 0 Å². The van der Waals surface area contributed by atoms with E-state index in [-0.39, 0.29) is 18.0 Å². The minimum atomic E-state index is -0.354. The molecule has 0 saturated heterocycles. The molecule has 2 N–H and O–H groups in total. The number of amides is 2. The van der Waals surface area contributed by atoms with Crippen LogP contribution in [-0.2, 0) is 4.74 Å². The normalized spacial score (nSPS) is 11.9. The molecule has 0 fully saturated rings. The average molecular weight is 254 g/mol. The van der Waals surface area contributed by atoms with Crippen molar-refractivity contribution in [3.05, 3.63) is 35.6 Å². The van der Waals surface area contributed by atoms with E-state index in [1.54, 1.807) is 12.1 Å². The third-order valence-corrected chi connectivity index (χ3v) is 2.49. The number of carbonyl (C=O) groups excluding carboxylic acids is 1. The first-order chi connectivity index (χ1) is 8.67. The van der Waals surface area contributed by atoms with Crippen LogP contribution in [0.5, 0.6) is 0 Å². The van der Waals surface area contributed by atoms with Gasteiger partial charge in [0.25, 0.3) is 0 Å². The minimum Gasteiger partial charge on any atom is -0.375 e. The number of methoxy groups -OCH3 is 1. The van der Waals surface area contributed by atoms with E-state index in [2.05, 4.69) is 10.6 Å². The molecule has 0 aliphatic heterocycles. The van der Waals surface area contributed by atoms with Crippen molar-refractivity contribution >= 4 is 6.03 Å². The van der Waals surface area contributed by atoms with Crippen LogP contribution in [0.25, 0.3) is 0 Å². The molecule has 0 aromatic heterocycles. The molecule has 0 radical (unpaired) electrons. The van der Waals surface area contributed by atoms with Crippen LogP contribution in [-0.4, -0.2) is 26.2 Å². The molecule has 1 rings (SSSR count). The Morgan fingerprint density at radius 1 is 1.44 bits per heavy atom. The van der Waals surface area contributed by atoms with Gasteiger partial charge in [0.1, 0.15) is 5.82 Å². The Morgan fingerprint density at radius 2 is 2.22 bits per heavy atom. The molecule has 100 valence electrons. The first-order valence-electron chi connectivity index (χ1n) is 5.97. The van der Waals surface area contributed by atoms with Crippen molar-refractivity contribution in [2.75, 3.05) is 20.2 Å². The summed E-state index contributed by atoms with van der Waals surface area (Å²) < 4.78 is 18.3. The molecule has 2 amide bonds. The number of urea groups is 1. The van der Waals surface area contributed by atoms with Crippen LogP contribution in [0, 0.1) is 5.82 Å². The van der Waals surface area contributed by atoms with Crippen molar-refractivity contribution < 1.29 is 13.9 Å².